The van der Waals surface area contributed by atoms with Crippen molar-refractivity contribution in [1.29, 1.82) is 0 Å². The zero-order valence-electron chi connectivity index (χ0n) is 18.2. The summed E-state index contributed by atoms with van der Waals surface area (Å²) in [5.41, 5.74) is 4.31. The van der Waals surface area contributed by atoms with Crippen molar-refractivity contribution < 1.29 is 9.45 Å². The van der Waals surface area contributed by atoms with Crippen LogP contribution in [0.25, 0.3) is 22.8 Å². The van der Waals surface area contributed by atoms with E-state index in [0.717, 1.165) is 24.2 Å². The summed E-state index contributed by atoms with van der Waals surface area (Å²) >= 11 is 0. The van der Waals surface area contributed by atoms with E-state index in [1.807, 2.05) is 49.4 Å². The minimum Gasteiger partial charge on any atom is -0.368 e. The summed E-state index contributed by atoms with van der Waals surface area (Å²) < 4.78 is 5.41. The van der Waals surface area contributed by atoms with Crippen LogP contribution in [0.2, 0.25) is 0 Å². The summed E-state index contributed by atoms with van der Waals surface area (Å²) in [6.07, 6.45) is 0. The molecule has 1 aliphatic heterocycles. The quantitative estimate of drug-likeness (QED) is 0.320. The van der Waals surface area contributed by atoms with Crippen LogP contribution in [-0.2, 0) is 0 Å². The van der Waals surface area contributed by atoms with Gasteiger partial charge in [0.15, 0.2) is 0 Å². The number of nitrogens with zero attached hydrogens (tertiary/aromatic N) is 5. The lowest BCUT2D eigenvalue weighted by Crippen LogP contribution is -2.46. The van der Waals surface area contributed by atoms with Gasteiger partial charge in [0, 0.05) is 49.1 Å². The van der Waals surface area contributed by atoms with Gasteiger partial charge in [-0.2, -0.15) is 4.98 Å². The van der Waals surface area contributed by atoms with Gasteiger partial charge >= 0.3 is 0 Å². The molecule has 8 heteroatoms. The molecule has 3 aromatic carbocycles. The topological polar surface area (TPSA) is 88.5 Å². The Bertz CT molecular complexity index is 1260. The van der Waals surface area contributed by atoms with Gasteiger partial charge in [0.05, 0.1) is 4.92 Å². The second-order valence-corrected chi connectivity index (χ2v) is 8.06. The zero-order chi connectivity index (χ0) is 22.8. The normalized spacial score (nSPS) is 13.8. The van der Waals surface area contributed by atoms with Crippen LogP contribution in [0.15, 0.2) is 77.3 Å². The molecule has 0 unspecified atom stereocenters. The predicted octanol–water partition coefficient (Wildman–Crippen LogP) is 4.95. The van der Waals surface area contributed by atoms with Crippen molar-refractivity contribution in [3.63, 3.8) is 0 Å². The molecule has 0 spiro atoms. The molecule has 1 fully saturated rings. The Labute approximate surface area is 191 Å². The molecule has 0 saturated carbocycles. The van der Waals surface area contributed by atoms with E-state index in [1.165, 1.54) is 11.8 Å². The summed E-state index contributed by atoms with van der Waals surface area (Å²) in [5.74, 6) is 0.711. The maximum absolute atomic E-state index is 11.9. The number of rotatable bonds is 5. The minimum absolute atomic E-state index is 0.0377. The first-order valence-corrected chi connectivity index (χ1v) is 10.8. The van der Waals surface area contributed by atoms with Gasteiger partial charge in [-0.05, 0) is 31.2 Å². The van der Waals surface area contributed by atoms with Crippen LogP contribution in [-0.4, -0.2) is 41.2 Å². The molecule has 1 aliphatic rings. The van der Waals surface area contributed by atoms with Crippen LogP contribution in [0.4, 0.5) is 17.1 Å². The third kappa shape index (κ3) is 4.27. The van der Waals surface area contributed by atoms with Crippen LogP contribution >= 0.6 is 0 Å². The van der Waals surface area contributed by atoms with Crippen LogP contribution in [0.3, 0.4) is 0 Å². The Morgan fingerprint density at radius 2 is 1.55 bits per heavy atom. The van der Waals surface area contributed by atoms with Crippen molar-refractivity contribution in [1.82, 2.24) is 10.1 Å². The van der Waals surface area contributed by atoms with E-state index in [9.17, 15) is 10.1 Å². The second-order valence-electron chi connectivity index (χ2n) is 8.06. The van der Waals surface area contributed by atoms with Gasteiger partial charge in [-0.3, -0.25) is 10.1 Å². The molecule has 5 rings (SSSR count). The molecule has 0 bridgehead atoms. The Morgan fingerprint density at radius 1 is 0.879 bits per heavy atom. The van der Waals surface area contributed by atoms with Crippen molar-refractivity contribution in [2.75, 3.05) is 36.0 Å². The van der Waals surface area contributed by atoms with E-state index in [1.54, 1.807) is 12.1 Å². The standard InChI is InChI=1S/C25H23N5O3/c1-18-7-9-19(10-8-18)24-26-25(33-27-24)20-11-12-22(23(17-20)30(31)32)29-15-13-28(14-16-29)21-5-3-2-4-6-21/h2-12,17H,13-16H2,1H3. The van der Waals surface area contributed by atoms with Crippen LogP contribution in [0.1, 0.15) is 5.56 Å². The van der Waals surface area contributed by atoms with E-state index in [0.29, 0.717) is 30.2 Å². The number of anilines is 2. The maximum atomic E-state index is 11.9. The van der Waals surface area contributed by atoms with Gasteiger partial charge in [0.25, 0.3) is 11.6 Å². The molecule has 166 valence electrons. The highest BCUT2D eigenvalue weighted by Gasteiger charge is 2.25. The minimum atomic E-state index is -0.348. The molecule has 4 aromatic rings. The molecule has 2 heterocycles. The highest BCUT2D eigenvalue weighted by molar-refractivity contribution is 5.72. The summed E-state index contributed by atoms with van der Waals surface area (Å²) in [6, 6.07) is 23.1. The fourth-order valence-corrected chi connectivity index (χ4v) is 4.08. The number of benzene rings is 3. The molecule has 0 aliphatic carbocycles. The molecular formula is C25H23N5O3. The van der Waals surface area contributed by atoms with Gasteiger partial charge in [-0.1, -0.05) is 53.2 Å². The third-order valence-corrected chi connectivity index (χ3v) is 5.90. The number of hydrogen-bond donors (Lipinski definition) is 0. The number of aromatic nitrogens is 2. The van der Waals surface area contributed by atoms with Crippen LogP contribution in [0, 0.1) is 17.0 Å². The summed E-state index contributed by atoms with van der Waals surface area (Å²) in [7, 11) is 0. The fraction of sp³-hybridized carbons (Fsp3) is 0.200. The third-order valence-electron chi connectivity index (χ3n) is 5.90. The predicted molar refractivity (Wildman–Crippen MR) is 127 cm³/mol. The average molecular weight is 441 g/mol. The Hall–Kier alpha value is -4.20. The molecule has 0 N–H and O–H groups in total. The Balaban J connectivity index is 1.37. The summed E-state index contributed by atoms with van der Waals surface area (Å²) in [5, 5.41) is 15.9. The van der Waals surface area contributed by atoms with Crippen LogP contribution < -0.4 is 9.80 Å². The number of nitro groups is 1. The lowest BCUT2D eigenvalue weighted by molar-refractivity contribution is -0.384. The maximum Gasteiger partial charge on any atom is 0.293 e. The lowest BCUT2D eigenvalue weighted by Gasteiger charge is -2.37. The first-order chi connectivity index (χ1) is 16.1. The Kier molecular flexibility index (Phi) is 5.48. The highest BCUT2D eigenvalue weighted by atomic mass is 16.6. The Morgan fingerprint density at radius 3 is 2.24 bits per heavy atom. The highest BCUT2D eigenvalue weighted by Crippen LogP contribution is 2.34. The SMILES string of the molecule is Cc1ccc(-c2noc(-c3ccc(N4CCN(c5ccccc5)CC4)c([N+](=O)[O-])c3)n2)cc1. The molecule has 8 nitrogen and oxygen atoms in total. The van der Waals surface area contributed by atoms with Crippen molar-refractivity contribution in [3.05, 3.63) is 88.5 Å². The van der Waals surface area contributed by atoms with E-state index < -0.39 is 0 Å². The van der Waals surface area contributed by atoms with E-state index in [2.05, 4.69) is 32.1 Å². The molecule has 1 aromatic heterocycles. The van der Waals surface area contributed by atoms with Crippen molar-refractivity contribution >= 4 is 17.1 Å². The molecule has 1 saturated heterocycles. The number of nitro benzene ring substituents is 1. The molecule has 0 atom stereocenters. The molecule has 33 heavy (non-hydrogen) atoms. The molecule has 0 amide bonds. The van der Waals surface area contributed by atoms with Gasteiger partial charge in [0.2, 0.25) is 5.82 Å². The van der Waals surface area contributed by atoms with Gasteiger partial charge in [0.1, 0.15) is 5.69 Å². The zero-order valence-corrected chi connectivity index (χ0v) is 18.2. The van der Waals surface area contributed by atoms with Gasteiger partial charge in [-0.15, -0.1) is 0 Å². The van der Waals surface area contributed by atoms with Crippen LogP contribution in [0.5, 0.6) is 0 Å². The average Bonchev–Trinajstić information content (AvgIpc) is 3.35. The second kappa shape index (κ2) is 8.74. The summed E-state index contributed by atoms with van der Waals surface area (Å²) in [4.78, 5) is 20.3. The van der Waals surface area contributed by atoms with E-state index in [4.69, 9.17) is 4.52 Å². The number of hydrogen-bond acceptors (Lipinski definition) is 7. The van der Waals surface area contributed by atoms with Gasteiger partial charge in [-0.25, -0.2) is 0 Å². The smallest absolute Gasteiger partial charge is 0.293 e. The monoisotopic (exact) mass is 441 g/mol. The lowest BCUT2D eigenvalue weighted by atomic mass is 10.1. The van der Waals surface area contributed by atoms with E-state index in [-0.39, 0.29) is 16.5 Å². The number of piperazine rings is 1. The van der Waals surface area contributed by atoms with Crippen molar-refractivity contribution in [2.45, 2.75) is 6.92 Å². The molecular weight excluding hydrogens is 418 g/mol. The van der Waals surface area contributed by atoms with Gasteiger partial charge < -0.3 is 14.3 Å². The van der Waals surface area contributed by atoms with E-state index >= 15 is 0 Å². The van der Waals surface area contributed by atoms with Crippen molar-refractivity contribution in [3.8, 4) is 22.8 Å². The van der Waals surface area contributed by atoms with Crippen molar-refractivity contribution in [2.24, 2.45) is 0 Å². The molecule has 0 radical (unpaired) electrons. The first-order valence-electron chi connectivity index (χ1n) is 10.8. The fourth-order valence-electron chi connectivity index (χ4n) is 4.08. The largest absolute Gasteiger partial charge is 0.368 e. The summed E-state index contributed by atoms with van der Waals surface area (Å²) in [6.45, 7) is 5.01. The number of aryl methyl sites for hydroxylation is 1. The number of para-hydroxylation sites is 1. The first kappa shape index (κ1) is 20.7.